The van der Waals surface area contributed by atoms with Gasteiger partial charge in [-0.1, -0.05) is 5.16 Å². The molecule has 1 atom stereocenters. The van der Waals surface area contributed by atoms with E-state index in [0.717, 1.165) is 4.31 Å². The Labute approximate surface area is 157 Å². The number of aryl methyl sites for hydroxylation is 1. The quantitative estimate of drug-likeness (QED) is 0.697. The van der Waals surface area contributed by atoms with Crippen molar-refractivity contribution in [2.24, 2.45) is 0 Å². The molecule has 10 heteroatoms. The predicted octanol–water partition coefficient (Wildman–Crippen LogP) is 1.10. The second-order valence-corrected chi connectivity index (χ2v) is 8.20. The van der Waals surface area contributed by atoms with Gasteiger partial charge in [-0.15, -0.1) is 0 Å². The number of hydrogen-bond donors (Lipinski definition) is 1. The molecule has 1 aromatic carbocycles. The van der Waals surface area contributed by atoms with E-state index >= 15 is 0 Å². The van der Waals surface area contributed by atoms with Crippen LogP contribution in [0.5, 0.6) is 0 Å². The molecule has 9 nitrogen and oxygen atoms in total. The number of benzene rings is 1. The molecule has 0 aliphatic carbocycles. The number of carbonyl (C=O) groups is 2. The molecule has 1 N–H and O–H groups in total. The normalized spacial score (nSPS) is 12.6. The van der Waals surface area contributed by atoms with Crippen molar-refractivity contribution in [3.63, 3.8) is 0 Å². The lowest BCUT2D eigenvalue weighted by Crippen LogP contribution is -2.39. The summed E-state index contributed by atoms with van der Waals surface area (Å²) in [5.74, 6) is -0.759. The summed E-state index contributed by atoms with van der Waals surface area (Å²) in [5.41, 5.74) is 0.889. The number of sulfonamides is 1. The van der Waals surface area contributed by atoms with Gasteiger partial charge in [0.25, 0.3) is 5.91 Å². The van der Waals surface area contributed by atoms with Gasteiger partial charge < -0.3 is 14.6 Å². The van der Waals surface area contributed by atoms with Crippen LogP contribution in [0, 0.1) is 6.92 Å². The highest BCUT2D eigenvalue weighted by Gasteiger charge is 2.20. The summed E-state index contributed by atoms with van der Waals surface area (Å²) >= 11 is 0. The topological polar surface area (TPSA) is 119 Å². The fourth-order valence-electron chi connectivity index (χ4n) is 2.08. The molecule has 2 rings (SSSR count). The number of nitrogens with zero attached hydrogens (tertiary/aromatic N) is 2. The van der Waals surface area contributed by atoms with E-state index in [1.54, 1.807) is 13.0 Å². The van der Waals surface area contributed by atoms with E-state index in [4.69, 9.17) is 9.26 Å². The fraction of sp³-hybridized carbons (Fsp3) is 0.353. The largest absolute Gasteiger partial charge is 0.456 e. The summed E-state index contributed by atoms with van der Waals surface area (Å²) in [7, 11) is -0.734. The van der Waals surface area contributed by atoms with Crippen molar-refractivity contribution < 1.29 is 27.3 Å². The molecule has 1 amide bonds. The Morgan fingerprint density at radius 1 is 1.26 bits per heavy atom. The minimum absolute atomic E-state index is 0.0684. The molecule has 1 aromatic heterocycles. The Kier molecular flexibility index (Phi) is 6.34. The van der Waals surface area contributed by atoms with Gasteiger partial charge in [-0.3, -0.25) is 4.79 Å². The van der Waals surface area contributed by atoms with Crippen LogP contribution in [0.25, 0.3) is 0 Å². The summed E-state index contributed by atoms with van der Waals surface area (Å²) in [4.78, 5) is 24.3. The van der Waals surface area contributed by atoms with Gasteiger partial charge in [0.1, 0.15) is 6.04 Å². The Morgan fingerprint density at radius 3 is 2.41 bits per heavy atom. The lowest BCUT2D eigenvalue weighted by Gasteiger charge is -2.14. The third kappa shape index (κ3) is 5.14. The number of esters is 1. The molecule has 146 valence electrons. The maximum atomic E-state index is 12.2. The van der Waals surface area contributed by atoms with E-state index in [9.17, 15) is 18.0 Å². The van der Waals surface area contributed by atoms with Gasteiger partial charge in [-0.2, -0.15) is 0 Å². The molecule has 2 aromatic rings. The zero-order chi connectivity index (χ0) is 20.2. The first-order chi connectivity index (χ1) is 12.6. The average Bonchev–Trinajstić information content (AvgIpc) is 3.04. The van der Waals surface area contributed by atoms with Gasteiger partial charge >= 0.3 is 5.97 Å². The molecule has 1 heterocycles. The third-order valence-corrected chi connectivity index (χ3v) is 5.46. The number of amides is 1. The second-order valence-electron chi connectivity index (χ2n) is 6.05. The van der Waals surface area contributed by atoms with Crippen molar-refractivity contribution in [3.05, 3.63) is 47.3 Å². The maximum Gasteiger partial charge on any atom is 0.328 e. The Morgan fingerprint density at radius 2 is 1.89 bits per heavy atom. The van der Waals surface area contributed by atoms with E-state index in [1.165, 1.54) is 45.3 Å². The summed E-state index contributed by atoms with van der Waals surface area (Å²) in [5, 5.41) is 6.18. The van der Waals surface area contributed by atoms with Gasteiger partial charge in [-0.25, -0.2) is 17.5 Å². The molecular weight excluding hydrogens is 374 g/mol. The summed E-state index contributed by atoms with van der Waals surface area (Å²) < 4.78 is 35.1. The molecule has 0 saturated carbocycles. The smallest absolute Gasteiger partial charge is 0.328 e. The zero-order valence-electron chi connectivity index (χ0n) is 15.4. The van der Waals surface area contributed by atoms with Gasteiger partial charge in [0.05, 0.1) is 10.6 Å². The van der Waals surface area contributed by atoms with Crippen LogP contribution < -0.4 is 5.32 Å². The Balaban J connectivity index is 1.94. The summed E-state index contributed by atoms with van der Waals surface area (Å²) in [6, 6.07) is 6.16. The van der Waals surface area contributed by atoms with Crippen LogP contribution in [-0.4, -0.2) is 49.9 Å². The highest BCUT2D eigenvalue weighted by molar-refractivity contribution is 7.89. The second kappa shape index (κ2) is 8.31. The lowest BCUT2D eigenvalue weighted by molar-refractivity contribution is -0.147. The van der Waals surface area contributed by atoms with Crippen molar-refractivity contribution in [1.29, 1.82) is 0 Å². The monoisotopic (exact) mass is 395 g/mol. The SMILES string of the molecule is Cc1cc(COC(=O)[C@H](C)NC(=O)c2ccc(S(=O)(=O)N(C)C)cc2)on1. The predicted molar refractivity (Wildman–Crippen MR) is 95.3 cm³/mol. The number of aromatic nitrogens is 1. The molecular formula is C17H21N3O6S. The van der Waals surface area contributed by atoms with Gasteiger partial charge in [0, 0.05) is 25.7 Å². The standard InChI is InChI=1S/C17H21N3O6S/c1-11-9-14(26-19-11)10-25-17(22)12(2)18-16(21)13-5-7-15(8-6-13)27(23,24)20(3)4/h5-9,12H,10H2,1-4H3,(H,18,21)/t12-/m0/s1. The lowest BCUT2D eigenvalue weighted by atomic mass is 10.2. The molecule has 0 unspecified atom stereocenters. The zero-order valence-corrected chi connectivity index (χ0v) is 16.2. The fourth-order valence-corrected chi connectivity index (χ4v) is 2.98. The first-order valence-electron chi connectivity index (χ1n) is 8.03. The van der Waals surface area contributed by atoms with Crippen LogP contribution in [0.3, 0.4) is 0 Å². The van der Waals surface area contributed by atoms with E-state index in [0.29, 0.717) is 11.5 Å². The first-order valence-corrected chi connectivity index (χ1v) is 9.47. The Bertz CT molecular complexity index is 918. The van der Waals surface area contributed by atoms with Gasteiger partial charge in [0.2, 0.25) is 10.0 Å². The molecule has 0 bridgehead atoms. The van der Waals surface area contributed by atoms with Crippen LogP contribution in [0.2, 0.25) is 0 Å². The third-order valence-electron chi connectivity index (χ3n) is 3.63. The first kappa shape index (κ1) is 20.6. The molecule has 0 radical (unpaired) electrons. The maximum absolute atomic E-state index is 12.2. The van der Waals surface area contributed by atoms with Crippen LogP contribution in [0.15, 0.2) is 39.8 Å². The van der Waals surface area contributed by atoms with Crippen molar-refractivity contribution in [1.82, 2.24) is 14.8 Å². The minimum atomic E-state index is -3.57. The van der Waals surface area contributed by atoms with Crippen molar-refractivity contribution in [3.8, 4) is 0 Å². The van der Waals surface area contributed by atoms with E-state index in [-0.39, 0.29) is 17.1 Å². The average molecular weight is 395 g/mol. The van der Waals surface area contributed by atoms with Gasteiger partial charge in [-0.05, 0) is 38.1 Å². The number of ether oxygens (including phenoxy) is 1. The molecule has 0 saturated heterocycles. The highest BCUT2D eigenvalue weighted by Crippen LogP contribution is 2.14. The highest BCUT2D eigenvalue weighted by atomic mass is 32.2. The van der Waals surface area contributed by atoms with Gasteiger partial charge in [0.15, 0.2) is 12.4 Å². The van der Waals surface area contributed by atoms with Crippen molar-refractivity contribution >= 4 is 21.9 Å². The van der Waals surface area contributed by atoms with Crippen molar-refractivity contribution in [2.75, 3.05) is 14.1 Å². The van der Waals surface area contributed by atoms with Crippen LogP contribution >= 0.6 is 0 Å². The number of hydrogen-bond acceptors (Lipinski definition) is 7. The van der Waals surface area contributed by atoms with E-state index < -0.39 is 27.9 Å². The van der Waals surface area contributed by atoms with E-state index in [1.807, 2.05) is 0 Å². The Hall–Kier alpha value is -2.72. The number of carbonyl (C=O) groups excluding carboxylic acids is 2. The molecule has 0 aliphatic rings. The van der Waals surface area contributed by atoms with Crippen LogP contribution in [0.1, 0.15) is 28.7 Å². The molecule has 0 fully saturated rings. The number of nitrogens with one attached hydrogen (secondary N) is 1. The van der Waals surface area contributed by atoms with Crippen molar-refractivity contribution in [2.45, 2.75) is 31.4 Å². The molecule has 0 spiro atoms. The minimum Gasteiger partial charge on any atom is -0.456 e. The molecule has 27 heavy (non-hydrogen) atoms. The number of rotatable bonds is 7. The van der Waals surface area contributed by atoms with E-state index in [2.05, 4.69) is 10.5 Å². The van der Waals surface area contributed by atoms with Crippen LogP contribution in [0.4, 0.5) is 0 Å². The summed E-state index contributed by atoms with van der Waals surface area (Å²) in [6.07, 6.45) is 0. The summed E-state index contributed by atoms with van der Waals surface area (Å²) in [6.45, 7) is 3.14. The molecule has 0 aliphatic heterocycles. The van der Waals surface area contributed by atoms with Crippen LogP contribution in [-0.2, 0) is 26.2 Å².